The van der Waals surface area contributed by atoms with Crippen LogP contribution in [-0.4, -0.2) is 48.7 Å². The molecule has 0 aromatic rings. The van der Waals surface area contributed by atoms with Gasteiger partial charge < -0.3 is 4.74 Å². The van der Waals surface area contributed by atoms with E-state index in [4.69, 9.17) is 0 Å². The van der Waals surface area contributed by atoms with Crippen LogP contribution >= 0.6 is 0 Å². The molecular formula is C10H10F12O. The van der Waals surface area contributed by atoms with Crippen molar-refractivity contribution in [3.8, 4) is 0 Å². The first kappa shape index (κ1) is 22.1. The Hall–Kier alpha value is -0.880. The molecule has 0 aliphatic rings. The second-order valence-corrected chi connectivity index (χ2v) is 4.83. The Morgan fingerprint density at radius 1 is 0.522 bits per heavy atom. The van der Waals surface area contributed by atoms with E-state index < -0.39 is 62.6 Å². The Bertz CT molecular complexity index is 367. The lowest BCUT2D eigenvalue weighted by Crippen LogP contribution is -2.57. The van der Waals surface area contributed by atoms with Crippen LogP contribution in [0.15, 0.2) is 0 Å². The summed E-state index contributed by atoms with van der Waals surface area (Å²) in [5.41, 5.74) is 0. The minimum atomic E-state index is -6.05. The highest BCUT2D eigenvalue weighted by Crippen LogP contribution is 2.47. The summed E-state index contributed by atoms with van der Waals surface area (Å²) in [7, 11) is 0. The predicted molar refractivity (Wildman–Crippen MR) is 51.8 cm³/mol. The van der Waals surface area contributed by atoms with Crippen molar-refractivity contribution in [1.29, 1.82) is 0 Å². The Balaban J connectivity index is 5.03. The molecule has 0 heterocycles. The third kappa shape index (κ3) is 4.15. The second-order valence-electron chi connectivity index (χ2n) is 4.83. The maximum absolute atomic E-state index is 12.9. The van der Waals surface area contributed by atoms with Crippen molar-refractivity contribution in [2.45, 2.75) is 49.4 Å². The van der Waals surface area contributed by atoms with E-state index in [-0.39, 0.29) is 0 Å². The van der Waals surface area contributed by atoms with E-state index in [9.17, 15) is 52.7 Å². The fourth-order valence-electron chi connectivity index (χ4n) is 1.13. The summed E-state index contributed by atoms with van der Waals surface area (Å²) in [5.74, 6) is -34.1. The number of ether oxygens (including phenoxy) is 1. The molecule has 0 aromatic carbocycles. The van der Waals surface area contributed by atoms with Gasteiger partial charge in [-0.2, -0.15) is 52.7 Å². The van der Waals surface area contributed by atoms with Crippen LogP contribution < -0.4 is 0 Å². The molecule has 0 bridgehead atoms. The Morgan fingerprint density at radius 2 is 0.739 bits per heavy atom. The number of hydrogen-bond donors (Lipinski definition) is 0. The SMILES string of the molecule is CC(F)(F)C(F)(F)C(F)(F)COCC(F)(F)C(F)(F)C(C)(F)F. The normalized spacial score (nSPS) is 15.9. The van der Waals surface area contributed by atoms with Crippen LogP contribution in [-0.2, 0) is 4.74 Å². The fraction of sp³-hybridized carbons (Fsp3) is 1.00. The van der Waals surface area contributed by atoms with Crippen LogP contribution in [0.3, 0.4) is 0 Å². The largest absolute Gasteiger partial charge is 0.373 e. The molecule has 13 heteroatoms. The smallest absolute Gasteiger partial charge is 0.368 e. The second kappa shape index (κ2) is 5.88. The van der Waals surface area contributed by atoms with Crippen molar-refractivity contribution < 1.29 is 57.4 Å². The van der Waals surface area contributed by atoms with E-state index in [0.717, 1.165) is 0 Å². The summed E-state index contributed by atoms with van der Waals surface area (Å²) in [5, 5.41) is 0. The number of hydrogen-bond acceptors (Lipinski definition) is 1. The fourth-order valence-corrected chi connectivity index (χ4v) is 1.13. The minimum Gasteiger partial charge on any atom is -0.368 e. The predicted octanol–water partition coefficient (Wildman–Crippen LogP) is 4.85. The molecule has 0 aliphatic carbocycles. The lowest BCUT2D eigenvalue weighted by atomic mass is 10.1. The van der Waals surface area contributed by atoms with Gasteiger partial charge in [0.05, 0.1) is 0 Å². The van der Waals surface area contributed by atoms with Gasteiger partial charge in [0.25, 0.3) is 0 Å². The van der Waals surface area contributed by atoms with Gasteiger partial charge in [-0.3, -0.25) is 0 Å². The van der Waals surface area contributed by atoms with Crippen LogP contribution in [0.1, 0.15) is 13.8 Å². The molecule has 0 saturated carbocycles. The average Bonchev–Trinajstić information content (AvgIpc) is 2.24. The molecule has 0 saturated heterocycles. The minimum absolute atomic E-state index is 0.596. The van der Waals surface area contributed by atoms with Crippen LogP contribution in [0.5, 0.6) is 0 Å². The van der Waals surface area contributed by atoms with Gasteiger partial charge in [0.2, 0.25) is 0 Å². The van der Waals surface area contributed by atoms with Crippen molar-refractivity contribution in [3.05, 3.63) is 0 Å². The molecule has 0 aliphatic heterocycles. The summed E-state index contributed by atoms with van der Waals surface area (Å²) in [4.78, 5) is 0. The van der Waals surface area contributed by atoms with Crippen LogP contribution in [0, 0.1) is 0 Å². The zero-order chi connectivity index (χ0) is 19.1. The van der Waals surface area contributed by atoms with E-state index >= 15 is 0 Å². The average molecular weight is 374 g/mol. The van der Waals surface area contributed by atoms with Crippen molar-refractivity contribution in [1.82, 2.24) is 0 Å². The maximum Gasteiger partial charge on any atom is 0.373 e. The molecule has 0 fully saturated rings. The Morgan fingerprint density at radius 3 is 0.913 bits per heavy atom. The maximum atomic E-state index is 12.9. The third-order valence-corrected chi connectivity index (χ3v) is 2.59. The van der Waals surface area contributed by atoms with Crippen LogP contribution in [0.4, 0.5) is 52.7 Å². The standard InChI is InChI=1S/C10H10F12O/c1-5(11,12)9(19,20)7(15,16)3-23-4-8(17,18)10(21,22)6(2,13)14/h3-4H2,1-2H3. The first-order chi connectivity index (χ1) is 9.71. The van der Waals surface area contributed by atoms with E-state index in [0.29, 0.717) is 0 Å². The molecule has 140 valence electrons. The van der Waals surface area contributed by atoms with E-state index in [2.05, 4.69) is 4.74 Å². The van der Waals surface area contributed by atoms with E-state index in [1.807, 2.05) is 0 Å². The quantitative estimate of drug-likeness (QED) is 0.552. The molecule has 0 atom stereocenters. The highest BCUT2D eigenvalue weighted by molar-refractivity contribution is 4.96. The first-order valence-electron chi connectivity index (χ1n) is 5.55. The zero-order valence-corrected chi connectivity index (χ0v) is 11.4. The Kier molecular flexibility index (Phi) is 5.66. The van der Waals surface area contributed by atoms with E-state index in [1.54, 1.807) is 0 Å². The highest BCUT2D eigenvalue weighted by atomic mass is 19.4. The molecule has 23 heavy (non-hydrogen) atoms. The van der Waals surface area contributed by atoms with Crippen molar-refractivity contribution in [2.75, 3.05) is 13.2 Å². The summed E-state index contributed by atoms with van der Waals surface area (Å²) >= 11 is 0. The van der Waals surface area contributed by atoms with Crippen molar-refractivity contribution in [3.63, 3.8) is 0 Å². The van der Waals surface area contributed by atoms with E-state index in [1.165, 1.54) is 0 Å². The summed E-state index contributed by atoms with van der Waals surface area (Å²) in [6.45, 7) is -6.82. The third-order valence-electron chi connectivity index (χ3n) is 2.59. The molecule has 0 spiro atoms. The molecular weight excluding hydrogens is 364 g/mol. The lowest BCUT2D eigenvalue weighted by molar-refractivity contribution is -0.333. The van der Waals surface area contributed by atoms with Crippen molar-refractivity contribution in [2.24, 2.45) is 0 Å². The highest BCUT2D eigenvalue weighted by Gasteiger charge is 2.71. The van der Waals surface area contributed by atoms with Gasteiger partial charge in [0, 0.05) is 13.8 Å². The van der Waals surface area contributed by atoms with Gasteiger partial charge in [-0.1, -0.05) is 0 Å². The van der Waals surface area contributed by atoms with Gasteiger partial charge in [0.1, 0.15) is 13.2 Å². The lowest BCUT2D eigenvalue weighted by Gasteiger charge is -2.33. The molecule has 1 nitrogen and oxygen atoms in total. The monoisotopic (exact) mass is 374 g/mol. The van der Waals surface area contributed by atoms with Gasteiger partial charge in [-0.25, -0.2) is 0 Å². The summed E-state index contributed by atoms with van der Waals surface area (Å²) < 4.78 is 155. The van der Waals surface area contributed by atoms with Gasteiger partial charge in [0.15, 0.2) is 0 Å². The molecule has 0 unspecified atom stereocenters. The van der Waals surface area contributed by atoms with Gasteiger partial charge >= 0.3 is 35.5 Å². The van der Waals surface area contributed by atoms with Crippen LogP contribution in [0.2, 0.25) is 0 Å². The molecule has 0 N–H and O–H groups in total. The molecule has 0 amide bonds. The van der Waals surface area contributed by atoms with Gasteiger partial charge in [-0.05, 0) is 0 Å². The topological polar surface area (TPSA) is 9.23 Å². The summed E-state index contributed by atoms with van der Waals surface area (Å²) in [6.07, 6.45) is 0. The first-order valence-corrected chi connectivity index (χ1v) is 5.55. The molecule has 0 aromatic heterocycles. The molecule has 0 rings (SSSR count). The number of alkyl halides is 12. The Labute approximate surface area is 121 Å². The van der Waals surface area contributed by atoms with Crippen LogP contribution in [0.25, 0.3) is 0 Å². The summed E-state index contributed by atoms with van der Waals surface area (Å²) in [6, 6.07) is 0. The number of halogens is 12. The van der Waals surface area contributed by atoms with Crippen molar-refractivity contribution >= 4 is 0 Å². The molecule has 0 radical (unpaired) electrons. The number of rotatable bonds is 8. The van der Waals surface area contributed by atoms with Gasteiger partial charge in [-0.15, -0.1) is 0 Å². The zero-order valence-electron chi connectivity index (χ0n) is 11.4.